The van der Waals surface area contributed by atoms with Gasteiger partial charge in [-0.2, -0.15) is 0 Å². The van der Waals surface area contributed by atoms with E-state index in [1.807, 2.05) is 0 Å². The van der Waals surface area contributed by atoms with Crippen molar-refractivity contribution in [2.45, 2.75) is 6.04 Å². The molecule has 0 saturated carbocycles. The summed E-state index contributed by atoms with van der Waals surface area (Å²) >= 11 is 0. The summed E-state index contributed by atoms with van der Waals surface area (Å²) in [6, 6.07) is 6.36. The molecule has 1 saturated heterocycles. The van der Waals surface area contributed by atoms with Crippen molar-refractivity contribution in [2.24, 2.45) is 0 Å². The zero-order valence-corrected chi connectivity index (χ0v) is 11.8. The summed E-state index contributed by atoms with van der Waals surface area (Å²) < 4.78 is 5.09. The van der Waals surface area contributed by atoms with Crippen molar-refractivity contribution in [1.29, 1.82) is 0 Å². The van der Waals surface area contributed by atoms with Crippen molar-refractivity contribution in [1.82, 2.24) is 10.2 Å². The lowest BCUT2D eigenvalue weighted by Crippen LogP contribution is -2.56. The van der Waals surface area contributed by atoms with E-state index in [1.165, 1.54) is 0 Å². The predicted molar refractivity (Wildman–Crippen MR) is 77.5 cm³/mol. The van der Waals surface area contributed by atoms with E-state index in [0.29, 0.717) is 31.1 Å². The van der Waals surface area contributed by atoms with Gasteiger partial charge in [-0.25, -0.2) is 0 Å². The van der Waals surface area contributed by atoms with Crippen molar-refractivity contribution in [3.05, 3.63) is 24.3 Å². The summed E-state index contributed by atoms with van der Waals surface area (Å²) in [6.07, 6.45) is 0. The summed E-state index contributed by atoms with van der Waals surface area (Å²) in [4.78, 5) is 24.9. The minimum absolute atomic E-state index is 0.0514. The van der Waals surface area contributed by atoms with Crippen LogP contribution in [0.2, 0.25) is 0 Å². The maximum absolute atomic E-state index is 12.0. The Bertz CT molecular complexity index is 521. The van der Waals surface area contributed by atoms with Gasteiger partial charge in [0.1, 0.15) is 11.8 Å². The molecule has 1 atom stereocenters. The molecule has 1 fully saturated rings. The second-order valence-electron chi connectivity index (χ2n) is 4.81. The fraction of sp³-hybridized carbons (Fsp3) is 0.429. The molecule has 1 heterocycles. The number of benzene rings is 1. The summed E-state index contributed by atoms with van der Waals surface area (Å²) in [7, 11) is 1.55. The first-order valence-corrected chi connectivity index (χ1v) is 6.71. The number of carbonyl (C=O) groups is 2. The van der Waals surface area contributed by atoms with Crippen molar-refractivity contribution in [3.8, 4) is 5.75 Å². The Morgan fingerprint density at radius 3 is 3.05 bits per heavy atom. The zero-order chi connectivity index (χ0) is 15.2. The number of nitrogens with one attached hydrogen (secondary N) is 2. The summed E-state index contributed by atoms with van der Waals surface area (Å²) in [5.74, 6) is -0.508. The van der Waals surface area contributed by atoms with E-state index >= 15 is 0 Å². The molecule has 2 rings (SSSR count). The van der Waals surface area contributed by atoms with Crippen molar-refractivity contribution >= 4 is 17.6 Å². The van der Waals surface area contributed by atoms with Crippen LogP contribution in [0, 0.1) is 0 Å². The fourth-order valence-electron chi connectivity index (χ4n) is 2.26. The Hall–Kier alpha value is -2.12. The number of hydrogen-bond donors (Lipinski definition) is 3. The molecule has 114 valence electrons. The Morgan fingerprint density at radius 1 is 1.52 bits per heavy atom. The number of carboxylic acids is 1. The number of piperazine rings is 1. The van der Waals surface area contributed by atoms with Crippen molar-refractivity contribution in [2.75, 3.05) is 38.6 Å². The molecular weight excluding hydrogens is 274 g/mol. The maximum atomic E-state index is 12.0. The highest BCUT2D eigenvalue weighted by molar-refractivity contribution is 5.92. The minimum atomic E-state index is -0.920. The van der Waals surface area contributed by atoms with Crippen LogP contribution >= 0.6 is 0 Å². The number of ether oxygens (including phenoxy) is 1. The van der Waals surface area contributed by atoms with Crippen LogP contribution in [0.4, 0.5) is 5.69 Å². The number of aliphatic carboxylic acids is 1. The average Bonchev–Trinajstić information content (AvgIpc) is 2.47. The smallest absolute Gasteiger partial charge is 0.322 e. The third kappa shape index (κ3) is 4.17. The molecule has 21 heavy (non-hydrogen) atoms. The van der Waals surface area contributed by atoms with Crippen LogP contribution in [0.25, 0.3) is 0 Å². The molecule has 0 aliphatic carbocycles. The van der Waals surface area contributed by atoms with Gasteiger partial charge in [-0.05, 0) is 12.1 Å². The number of amides is 1. The van der Waals surface area contributed by atoms with E-state index in [2.05, 4.69) is 10.6 Å². The number of hydrogen-bond acceptors (Lipinski definition) is 5. The van der Waals surface area contributed by atoms with Crippen LogP contribution in [-0.4, -0.2) is 61.2 Å². The third-order valence-corrected chi connectivity index (χ3v) is 3.34. The van der Waals surface area contributed by atoms with Gasteiger partial charge in [-0.15, -0.1) is 0 Å². The summed E-state index contributed by atoms with van der Waals surface area (Å²) in [5.41, 5.74) is 0.626. The monoisotopic (exact) mass is 293 g/mol. The molecule has 0 spiro atoms. The predicted octanol–water partition coefficient (Wildman–Crippen LogP) is -0.00790. The highest BCUT2D eigenvalue weighted by Gasteiger charge is 2.29. The van der Waals surface area contributed by atoms with Gasteiger partial charge in [-0.3, -0.25) is 14.5 Å². The Balaban J connectivity index is 1.95. The van der Waals surface area contributed by atoms with E-state index in [4.69, 9.17) is 9.84 Å². The molecule has 0 aromatic heterocycles. The molecule has 1 aliphatic heterocycles. The van der Waals surface area contributed by atoms with Crippen LogP contribution in [0.15, 0.2) is 24.3 Å². The third-order valence-electron chi connectivity index (χ3n) is 3.34. The second kappa shape index (κ2) is 7.05. The molecule has 7 nitrogen and oxygen atoms in total. The SMILES string of the molecule is COc1cccc(NC(=O)CN2CCNCC2C(=O)O)c1. The van der Waals surface area contributed by atoms with Crippen LogP contribution in [-0.2, 0) is 9.59 Å². The average molecular weight is 293 g/mol. The highest BCUT2D eigenvalue weighted by atomic mass is 16.5. The number of carbonyl (C=O) groups excluding carboxylic acids is 1. The summed E-state index contributed by atoms with van der Waals surface area (Å²) in [5, 5.41) is 14.9. The number of anilines is 1. The Labute approximate surface area is 122 Å². The molecule has 1 aromatic carbocycles. The quantitative estimate of drug-likeness (QED) is 0.707. The number of carboxylic acid groups (broad SMARTS) is 1. The molecule has 7 heteroatoms. The van der Waals surface area contributed by atoms with Gasteiger partial charge < -0.3 is 20.5 Å². The Kier molecular flexibility index (Phi) is 5.13. The van der Waals surface area contributed by atoms with E-state index < -0.39 is 12.0 Å². The minimum Gasteiger partial charge on any atom is -0.497 e. The number of nitrogens with zero attached hydrogens (tertiary/aromatic N) is 1. The molecule has 0 bridgehead atoms. The van der Waals surface area contributed by atoms with Crippen LogP contribution < -0.4 is 15.4 Å². The lowest BCUT2D eigenvalue weighted by atomic mass is 10.2. The van der Waals surface area contributed by atoms with E-state index in [1.54, 1.807) is 36.3 Å². The van der Waals surface area contributed by atoms with Crippen molar-refractivity contribution < 1.29 is 19.4 Å². The first kappa shape index (κ1) is 15.3. The normalized spacial score (nSPS) is 19.0. The topological polar surface area (TPSA) is 90.9 Å². The first-order chi connectivity index (χ1) is 10.1. The summed E-state index contributed by atoms with van der Waals surface area (Å²) in [6.45, 7) is 1.61. The van der Waals surface area contributed by atoms with Gasteiger partial charge >= 0.3 is 5.97 Å². The lowest BCUT2D eigenvalue weighted by Gasteiger charge is -2.32. The number of rotatable bonds is 5. The van der Waals surface area contributed by atoms with Crippen LogP contribution in [0.3, 0.4) is 0 Å². The largest absolute Gasteiger partial charge is 0.497 e. The van der Waals surface area contributed by atoms with E-state index in [0.717, 1.165) is 0 Å². The molecule has 1 amide bonds. The van der Waals surface area contributed by atoms with Gasteiger partial charge in [0.05, 0.1) is 13.7 Å². The van der Waals surface area contributed by atoms with E-state index in [-0.39, 0.29) is 12.5 Å². The lowest BCUT2D eigenvalue weighted by molar-refractivity contribution is -0.144. The second-order valence-corrected chi connectivity index (χ2v) is 4.81. The van der Waals surface area contributed by atoms with Gasteiger partial charge in [0.15, 0.2) is 0 Å². The number of methoxy groups -OCH3 is 1. The molecule has 0 radical (unpaired) electrons. The van der Waals surface area contributed by atoms with Crippen LogP contribution in [0.1, 0.15) is 0 Å². The highest BCUT2D eigenvalue weighted by Crippen LogP contribution is 2.16. The molecule has 1 aliphatic rings. The Morgan fingerprint density at radius 2 is 2.33 bits per heavy atom. The molecule has 1 unspecified atom stereocenters. The van der Waals surface area contributed by atoms with Gasteiger partial charge in [-0.1, -0.05) is 6.07 Å². The maximum Gasteiger partial charge on any atom is 0.322 e. The molecular formula is C14H19N3O4. The van der Waals surface area contributed by atoms with Gasteiger partial charge in [0.2, 0.25) is 5.91 Å². The standard InChI is InChI=1S/C14H19N3O4/c1-21-11-4-2-3-10(7-11)16-13(18)9-17-6-5-15-8-12(17)14(19)20/h2-4,7,12,15H,5-6,8-9H2,1H3,(H,16,18)(H,19,20). The first-order valence-electron chi connectivity index (χ1n) is 6.71. The van der Waals surface area contributed by atoms with Crippen LogP contribution in [0.5, 0.6) is 5.75 Å². The molecule has 3 N–H and O–H groups in total. The fourth-order valence-corrected chi connectivity index (χ4v) is 2.26. The van der Waals surface area contributed by atoms with Gasteiger partial charge in [0, 0.05) is 31.4 Å². The molecule has 1 aromatic rings. The van der Waals surface area contributed by atoms with Gasteiger partial charge in [0.25, 0.3) is 0 Å². The van der Waals surface area contributed by atoms with E-state index in [9.17, 15) is 9.59 Å². The van der Waals surface area contributed by atoms with Crippen molar-refractivity contribution in [3.63, 3.8) is 0 Å². The zero-order valence-electron chi connectivity index (χ0n) is 11.8.